The molecule has 0 radical (unpaired) electrons. The average Bonchev–Trinajstić information content (AvgIpc) is 2.46. The predicted molar refractivity (Wildman–Crippen MR) is 74.3 cm³/mol. The van der Waals surface area contributed by atoms with Gasteiger partial charge in [-0.3, -0.25) is 4.90 Å². The lowest BCUT2D eigenvalue weighted by molar-refractivity contribution is -0.153. The molecule has 1 N–H and O–H groups in total. The minimum atomic E-state index is -4.99. The number of nitrogens with zero attached hydrogens (tertiary/aromatic N) is 1. The molecule has 0 aliphatic carbocycles. The Morgan fingerprint density at radius 1 is 1.08 bits per heavy atom. The topological polar surface area (TPSA) is 15.3 Å². The molecule has 0 spiro atoms. The summed E-state index contributed by atoms with van der Waals surface area (Å²) in [5.74, 6) is -1.46. The maximum Gasteiger partial charge on any atom is 0.416 e. The van der Waals surface area contributed by atoms with Gasteiger partial charge in [0.25, 0.3) is 0 Å². The summed E-state index contributed by atoms with van der Waals surface area (Å²) >= 11 is 5.54. The van der Waals surface area contributed by atoms with Gasteiger partial charge in [0.15, 0.2) is 0 Å². The highest BCUT2D eigenvalue weighted by Gasteiger charge is 2.43. The standard InChI is InChI=1S/C14H14ClF7N2/c15-9-2-1-8(14(20,21)22)11(12(9)16)10(7-13(17,18)19)24-5-3-23-4-6-24/h1-2,10,23H,3-7H2/t10-/m0/s1. The van der Waals surface area contributed by atoms with Gasteiger partial charge in [-0.2, -0.15) is 26.3 Å². The van der Waals surface area contributed by atoms with Gasteiger partial charge in [0, 0.05) is 37.8 Å². The number of halogens is 8. The van der Waals surface area contributed by atoms with Gasteiger partial charge < -0.3 is 5.32 Å². The largest absolute Gasteiger partial charge is 0.416 e. The molecular weight excluding hydrogens is 365 g/mol. The molecule has 0 saturated carbocycles. The van der Waals surface area contributed by atoms with E-state index >= 15 is 0 Å². The minimum absolute atomic E-state index is 0.0734. The fourth-order valence-corrected chi connectivity index (χ4v) is 2.93. The lowest BCUT2D eigenvalue weighted by Gasteiger charge is -2.37. The molecule has 0 amide bonds. The number of alkyl halides is 6. The zero-order valence-electron chi connectivity index (χ0n) is 12.2. The maximum absolute atomic E-state index is 14.3. The molecule has 136 valence electrons. The smallest absolute Gasteiger partial charge is 0.314 e. The Hall–Kier alpha value is -1.06. The summed E-state index contributed by atoms with van der Waals surface area (Å²) in [6.45, 7) is 0.754. The van der Waals surface area contributed by atoms with Gasteiger partial charge >= 0.3 is 12.4 Å². The van der Waals surface area contributed by atoms with Crippen LogP contribution in [-0.4, -0.2) is 37.3 Å². The lowest BCUT2D eigenvalue weighted by Crippen LogP contribution is -2.46. The van der Waals surface area contributed by atoms with Gasteiger partial charge in [-0.1, -0.05) is 11.6 Å². The Bertz CT molecular complexity index is 580. The highest BCUT2D eigenvalue weighted by Crippen LogP contribution is 2.43. The van der Waals surface area contributed by atoms with Gasteiger partial charge in [-0.05, 0) is 12.1 Å². The van der Waals surface area contributed by atoms with E-state index in [2.05, 4.69) is 5.32 Å². The number of hydrogen-bond donors (Lipinski definition) is 1. The molecule has 0 aromatic heterocycles. The van der Waals surface area contributed by atoms with E-state index in [4.69, 9.17) is 11.6 Å². The van der Waals surface area contributed by atoms with Gasteiger partial charge in [-0.25, -0.2) is 4.39 Å². The molecule has 2 nitrogen and oxygen atoms in total. The van der Waals surface area contributed by atoms with Crippen LogP contribution in [0.3, 0.4) is 0 Å². The van der Waals surface area contributed by atoms with Crippen LogP contribution in [0.1, 0.15) is 23.6 Å². The number of rotatable bonds is 3. The molecule has 1 heterocycles. The van der Waals surface area contributed by atoms with Crippen LogP contribution in [0.4, 0.5) is 30.7 Å². The number of hydrogen-bond acceptors (Lipinski definition) is 2. The van der Waals surface area contributed by atoms with Gasteiger partial charge in [0.1, 0.15) is 5.82 Å². The van der Waals surface area contributed by atoms with E-state index in [1.165, 1.54) is 4.90 Å². The normalized spacial score (nSPS) is 18.7. The second-order valence-electron chi connectivity index (χ2n) is 5.44. The molecule has 1 atom stereocenters. The number of piperazine rings is 1. The van der Waals surface area contributed by atoms with E-state index in [1.54, 1.807) is 0 Å². The monoisotopic (exact) mass is 378 g/mol. The van der Waals surface area contributed by atoms with Crippen molar-refractivity contribution in [3.05, 3.63) is 34.1 Å². The van der Waals surface area contributed by atoms with Crippen molar-refractivity contribution in [2.75, 3.05) is 26.2 Å². The summed E-state index contributed by atoms with van der Waals surface area (Å²) in [6, 6.07) is -0.569. The Labute approximate surface area is 138 Å². The summed E-state index contributed by atoms with van der Waals surface area (Å²) in [6.07, 6.45) is -11.3. The van der Waals surface area contributed by atoms with E-state index in [9.17, 15) is 30.7 Å². The molecule has 1 aliphatic rings. The first kappa shape index (κ1) is 19.3. The van der Waals surface area contributed by atoms with Gasteiger partial charge in [0.2, 0.25) is 0 Å². The van der Waals surface area contributed by atoms with Crippen molar-refractivity contribution < 1.29 is 30.7 Å². The Balaban J connectivity index is 2.57. The molecule has 1 aromatic rings. The maximum atomic E-state index is 14.3. The summed E-state index contributed by atoms with van der Waals surface area (Å²) in [5.41, 5.74) is -2.48. The average molecular weight is 379 g/mol. The van der Waals surface area contributed by atoms with E-state index in [0.29, 0.717) is 25.2 Å². The van der Waals surface area contributed by atoms with Crippen molar-refractivity contribution in [1.82, 2.24) is 10.2 Å². The second kappa shape index (κ2) is 7.05. The Morgan fingerprint density at radius 2 is 1.67 bits per heavy atom. The van der Waals surface area contributed by atoms with Gasteiger partial charge in [-0.15, -0.1) is 0 Å². The third-order valence-electron chi connectivity index (χ3n) is 3.79. The zero-order valence-corrected chi connectivity index (χ0v) is 13.0. The fraction of sp³-hybridized carbons (Fsp3) is 0.571. The van der Waals surface area contributed by atoms with Crippen molar-refractivity contribution in [2.24, 2.45) is 0 Å². The van der Waals surface area contributed by atoms with E-state index < -0.39 is 46.8 Å². The molecule has 0 unspecified atom stereocenters. The van der Waals surface area contributed by atoms with Crippen LogP contribution in [0.5, 0.6) is 0 Å². The van der Waals surface area contributed by atoms with Crippen molar-refractivity contribution in [3.8, 4) is 0 Å². The fourth-order valence-electron chi connectivity index (χ4n) is 2.77. The van der Waals surface area contributed by atoms with Crippen LogP contribution in [0.2, 0.25) is 5.02 Å². The first-order valence-electron chi connectivity index (χ1n) is 7.07. The quantitative estimate of drug-likeness (QED) is 0.784. The SMILES string of the molecule is Fc1c(Cl)ccc(C(F)(F)F)c1[C@H](CC(F)(F)F)N1CCNCC1. The van der Waals surface area contributed by atoms with Crippen molar-refractivity contribution in [3.63, 3.8) is 0 Å². The third-order valence-corrected chi connectivity index (χ3v) is 4.08. The first-order valence-corrected chi connectivity index (χ1v) is 7.45. The molecular formula is C14H14ClF7N2. The summed E-state index contributed by atoms with van der Waals surface area (Å²) in [7, 11) is 0. The van der Waals surface area contributed by atoms with E-state index in [1.807, 2.05) is 0 Å². The van der Waals surface area contributed by atoms with Crippen molar-refractivity contribution in [1.29, 1.82) is 0 Å². The van der Waals surface area contributed by atoms with E-state index in [0.717, 1.165) is 0 Å². The molecule has 1 saturated heterocycles. The highest BCUT2D eigenvalue weighted by atomic mass is 35.5. The van der Waals surface area contributed by atoms with E-state index in [-0.39, 0.29) is 13.1 Å². The van der Waals surface area contributed by atoms with Crippen LogP contribution in [0.25, 0.3) is 0 Å². The molecule has 1 fully saturated rings. The van der Waals surface area contributed by atoms with Crippen molar-refractivity contribution in [2.45, 2.75) is 24.8 Å². The van der Waals surface area contributed by atoms with Crippen LogP contribution < -0.4 is 5.32 Å². The van der Waals surface area contributed by atoms with Crippen LogP contribution >= 0.6 is 11.6 Å². The Kier molecular flexibility index (Phi) is 5.66. The summed E-state index contributed by atoms with van der Waals surface area (Å²) < 4.78 is 92.7. The molecule has 10 heteroatoms. The minimum Gasteiger partial charge on any atom is -0.314 e. The summed E-state index contributed by atoms with van der Waals surface area (Å²) in [5, 5.41) is 2.25. The van der Waals surface area contributed by atoms with Crippen LogP contribution in [0.15, 0.2) is 12.1 Å². The first-order chi connectivity index (χ1) is 11.0. The highest BCUT2D eigenvalue weighted by molar-refractivity contribution is 6.30. The molecule has 1 aromatic carbocycles. The Morgan fingerprint density at radius 3 is 2.17 bits per heavy atom. The number of benzene rings is 1. The second-order valence-corrected chi connectivity index (χ2v) is 5.85. The number of nitrogens with one attached hydrogen (secondary N) is 1. The van der Waals surface area contributed by atoms with Crippen molar-refractivity contribution >= 4 is 11.6 Å². The molecule has 0 bridgehead atoms. The van der Waals surface area contributed by atoms with Crippen LogP contribution in [-0.2, 0) is 6.18 Å². The molecule has 1 aliphatic heterocycles. The molecule has 24 heavy (non-hydrogen) atoms. The predicted octanol–water partition coefficient (Wildman–Crippen LogP) is 4.40. The summed E-state index contributed by atoms with van der Waals surface area (Å²) in [4.78, 5) is 1.20. The third kappa shape index (κ3) is 4.52. The zero-order chi connectivity index (χ0) is 18.1. The van der Waals surface area contributed by atoms with Crippen LogP contribution in [0, 0.1) is 5.82 Å². The van der Waals surface area contributed by atoms with Gasteiger partial charge in [0.05, 0.1) is 17.0 Å². The lowest BCUT2D eigenvalue weighted by atomic mass is 9.94. The molecule has 2 rings (SSSR count).